The first-order valence-electron chi connectivity index (χ1n) is 10.7. The molecule has 2 bridgehead atoms. The van der Waals surface area contributed by atoms with Crippen LogP contribution in [0.4, 0.5) is 0 Å². The Bertz CT molecular complexity index is 1230. The van der Waals surface area contributed by atoms with Crippen molar-refractivity contribution in [2.24, 2.45) is 23.3 Å². The van der Waals surface area contributed by atoms with Crippen molar-refractivity contribution in [1.82, 2.24) is 19.6 Å². The monoisotopic (exact) mass is 437 g/mol. The molecule has 0 N–H and O–H groups in total. The number of benzene rings is 1. The Hall–Kier alpha value is -2.45. The Morgan fingerprint density at radius 1 is 1.19 bits per heavy atom. The highest BCUT2D eigenvalue weighted by molar-refractivity contribution is 7.91. The van der Waals surface area contributed by atoms with Gasteiger partial charge in [0.25, 0.3) is 5.56 Å². The minimum Gasteiger partial charge on any atom is -0.591 e. The molecule has 31 heavy (non-hydrogen) atoms. The standard InChI is InChI=1S/C23H27N5O2S/c1-23(2,3)31(30)25-21(17-6-5-7-18-16(17)8-9-27(4)22(18)29)19-13-28(26-24-19)20-12-14-10-15(20)11-14/h5-9,13-15,20H,10-12H2,1-4H3/b25-21+. The number of hydrogen-bond acceptors (Lipinski definition) is 5. The maximum atomic E-state index is 13.0. The minimum absolute atomic E-state index is 0.0787. The van der Waals surface area contributed by atoms with Crippen molar-refractivity contribution in [3.05, 3.63) is 58.3 Å². The molecule has 2 unspecified atom stereocenters. The third-order valence-electron chi connectivity index (χ3n) is 6.56. The fraction of sp³-hybridized carbons (Fsp3) is 0.478. The summed E-state index contributed by atoms with van der Waals surface area (Å²) in [7, 11) is 1.73. The van der Waals surface area contributed by atoms with E-state index in [0.717, 1.165) is 23.3 Å². The topological polar surface area (TPSA) is 88.1 Å². The summed E-state index contributed by atoms with van der Waals surface area (Å²) >= 11 is -1.48. The summed E-state index contributed by atoms with van der Waals surface area (Å²) in [5.74, 6) is 1.50. The van der Waals surface area contributed by atoms with E-state index in [1.54, 1.807) is 17.8 Å². The van der Waals surface area contributed by atoms with E-state index in [1.807, 2.05) is 55.9 Å². The second kappa shape index (κ2) is 7.31. The highest BCUT2D eigenvalue weighted by atomic mass is 32.2. The molecule has 1 aromatic carbocycles. The van der Waals surface area contributed by atoms with Gasteiger partial charge in [0, 0.05) is 24.2 Å². The zero-order chi connectivity index (χ0) is 21.9. The van der Waals surface area contributed by atoms with Gasteiger partial charge in [0.15, 0.2) is 5.71 Å². The van der Waals surface area contributed by atoms with Crippen LogP contribution in [0.2, 0.25) is 0 Å². The summed E-state index contributed by atoms with van der Waals surface area (Å²) in [5.41, 5.74) is 1.78. The number of hydrogen-bond donors (Lipinski definition) is 0. The minimum atomic E-state index is -1.48. The number of aromatic nitrogens is 4. The van der Waals surface area contributed by atoms with E-state index in [9.17, 15) is 9.35 Å². The summed E-state index contributed by atoms with van der Waals surface area (Å²) in [5, 5.41) is 10.2. The van der Waals surface area contributed by atoms with Crippen LogP contribution in [0, 0.1) is 11.8 Å². The van der Waals surface area contributed by atoms with Gasteiger partial charge in [0.1, 0.15) is 21.8 Å². The van der Waals surface area contributed by atoms with Crippen LogP contribution >= 0.6 is 0 Å². The number of aryl methyl sites for hydroxylation is 1. The van der Waals surface area contributed by atoms with Crippen molar-refractivity contribution < 1.29 is 4.55 Å². The summed E-state index contributed by atoms with van der Waals surface area (Å²) in [4.78, 5) is 12.7. The summed E-state index contributed by atoms with van der Waals surface area (Å²) < 4.78 is 20.6. The van der Waals surface area contributed by atoms with Crippen molar-refractivity contribution in [3.63, 3.8) is 0 Å². The molecule has 162 valence electrons. The van der Waals surface area contributed by atoms with Gasteiger partial charge < -0.3 is 9.12 Å². The van der Waals surface area contributed by atoms with Crippen molar-refractivity contribution in [3.8, 4) is 0 Å². The third kappa shape index (κ3) is 3.51. The molecule has 0 amide bonds. The van der Waals surface area contributed by atoms with E-state index >= 15 is 0 Å². The zero-order valence-corrected chi connectivity index (χ0v) is 19.1. The average Bonchev–Trinajstić information content (AvgIpc) is 3.42. The van der Waals surface area contributed by atoms with Crippen LogP contribution in [0.25, 0.3) is 10.8 Å². The summed E-state index contributed by atoms with van der Waals surface area (Å²) in [6.45, 7) is 5.68. The summed E-state index contributed by atoms with van der Waals surface area (Å²) in [6.07, 6.45) is 7.39. The molecule has 2 heterocycles. The Morgan fingerprint density at radius 2 is 1.97 bits per heavy atom. The SMILES string of the molecule is Cn1ccc2c(/C(=N\[S+]([O-])C(C)(C)C)c3cn(C4CC5CC4C5)nn3)cccc2c1=O. The molecular weight excluding hydrogens is 410 g/mol. The van der Waals surface area contributed by atoms with Crippen LogP contribution in [-0.2, 0) is 18.4 Å². The van der Waals surface area contributed by atoms with Gasteiger partial charge in [0.2, 0.25) is 0 Å². The molecule has 0 radical (unpaired) electrons. The smallest absolute Gasteiger partial charge is 0.258 e. The lowest BCUT2D eigenvalue weighted by Gasteiger charge is -2.24. The Balaban J connectivity index is 1.65. The molecule has 3 aliphatic carbocycles. The van der Waals surface area contributed by atoms with Crippen molar-refractivity contribution in [2.75, 3.05) is 0 Å². The van der Waals surface area contributed by atoms with Gasteiger partial charge >= 0.3 is 0 Å². The molecule has 2 aromatic heterocycles. The van der Waals surface area contributed by atoms with Crippen LogP contribution in [0.5, 0.6) is 0 Å². The van der Waals surface area contributed by atoms with Crippen LogP contribution < -0.4 is 5.56 Å². The highest BCUT2D eigenvalue weighted by Crippen LogP contribution is 2.54. The van der Waals surface area contributed by atoms with E-state index in [2.05, 4.69) is 14.7 Å². The first-order valence-corrected chi connectivity index (χ1v) is 11.8. The van der Waals surface area contributed by atoms with Gasteiger partial charge in [-0.2, -0.15) is 0 Å². The molecule has 3 saturated carbocycles. The lowest BCUT2D eigenvalue weighted by atomic mass is 9.84. The van der Waals surface area contributed by atoms with Crippen molar-refractivity contribution >= 4 is 27.8 Å². The first-order chi connectivity index (χ1) is 14.7. The van der Waals surface area contributed by atoms with Gasteiger partial charge in [-0.25, -0.2) is 4.68 Å². The number of fused-ring (bicyclic) bond motifs is 2. The molecule has 0 spiro atoms. The second-order valence-corrected chi connectivity index (χ2v) is 11.7. The summed E-state index contributed by atoms with van der Waals surface area (Å²) in [6, 6.07) is 7.84. The molecule has 3 fully saturated rings. The Morgan fingerprint density at radius 3 is 2.65 bits per heavy atom. The van der Waals surface area contributed by atoms with Gasteiger partial charge in [-0.1, -0.05) is 21.7 Å². The van der Waals surface area contributed by atoms with Crippen LogP contribution in [0.1, 0.15) is 57.3 Å². The maximum absolute atomic E-state index is 13.0. The predicted octanol–water partition coefficient (Wildman–Crippen LogP) is 3.40. The molecule has 0 aliphatic heterocycles. The largest absolute Gasteiger partial charge is 0.591 e. The van der Waals surface area contributed by atoms with Gasteiger partial charge in [0.05, 0.1) is 12.2 Å². The van der Waals surface area contributed by atoms with E-state index in [1.165, 1.54) is 12.8 Å². The lowest BCUT2D eigenvalue weighted by Crippen LogP contribution is -2.27. The average molecular weight is 438 g/mol. The van der Waals surface area contributed by atoms with E-state index in [-0.39, 0.29) is 5.56 Å². The fourth-order valence-corrected chi connectivity index (χ4v) is 5.37. The normalized spacial score (nSPS) is 24.4. The van der Waals surface area contributed by atoms with Gasteiger partial charge in [-0.05, 0) is 69.4 Å². The second-order valence-electron chi connectivity index (χ2n) is 9.78. The van der Waals surface area contributed by atoms with Crippen LogP contribution in [-0.4, -0.2) is 34.6 Å². The predicted molar refractivity (Wildman–Crippen MR) is 123 cm³/mol. The first kappa shape index (κ1) is 20.5. The molecular formula is C23H27N5O2S. The maximum Gasteiger partial charge on any atom is 0.258 e. The van der Waals surface area contributed by atoms with E-state index in [4.69, 9.17) is 0 Å². The van der Waals surface area contributed by atoms with Crippen LogP contribution in [0.3, 0.4) is 0 Å². The lowest BCUT2D eigenvalue weighted by molar-refractivity contribution is 0.266. The highest BCUT2D eigenvalue weighted by Gasteiger charge is 2.45. The van der Waals surface area contributed by atoms with Crippen LogP contribution in [0.15, 0.2) is 45.9 Å². The molecule has 3 aromatic rings. The molecule has 7 nitrogen and oxygen atoms in total. The molecule has 0 saturated heterocycles. The van der Waals surface area contributed by atoms with E-state index in [0.29, 0.717) is 28.8 Å². The Labute approximate surface area is 184 Å². The molecule has 3 aliphatic rings. The molecule has 2 atom stereocenters. The number of nitrogens with zero attached hydrogens (tertiary/aromatic N) is 5. The third-order valence-corrected chi connectivity index (χ3v) is 7.95. The number of pyridine rings is 1. The Kier molecular flexibility index (Phi) is 4.82. The quantitative estimate of drug-likeness (QED) is 0.462. The zero-order valence-electron chi connectivity index (χ0n) is 18.3. The molecule has 6 rings (SSSR count). The number of rotatable bonds is 4. The van der Waals surface area contributed by atoms with E-state index < -0.39 is 16.1 Å². The molecule has 8 heteroatoms. The van der Waals surface area contributed by atoms with Gasteiger partial charge in [-0.3, -0.25) is 4.79 Å². The fourth-order valence-electron chi connectivity index (χ4n) is 4.73. The van der Waals surface area contributed by atoms with Crippen molar-refractivity contribution in [1.29, 1.82) is 0 Å². The van der Waals surface area contributed by atoms with Gasteiger partial charge in [-0.15, -0.1) is 5.10 Å². The van der Waals surface area contributed by atoms with Crippen molar-refractivity contribution in [2.45, 2.75) is 50.8 Å².